The van der Waals surface area contributed by atoms with Crippen molar-refractivity contribution in [2.45, 2.75) is 40.5 Å². The van der Waals surface area contributed by atoms with Crippen molar-refractivity contribution in [1.29, 1.82) is 0 Å². The smallest absolute Gasteiger partial charge is 0.227 e. The summed E-state index contributed by atoms with van der Waals surface area (Å²) in [6, 6.07) is 7.76. The number of Topliss-reactive ketones (excluding diaryl/α,β-unsaturated/α-hetero) is 1. The number of amides is 1. The predicted octanol–water partition coefficient (Wildman–Crippen LogP) is 4.18. The molecule has 0 radical (unpaired) electrons. The number of para-hydroxylation sites is 1. The first-order valence-corrected chi connectivity index (χ1v) is 10.00. The molecule has 1 aromatic heterocycles. The zero-order valence-electron chi connectivity index (χ0n) is 17.8. The van der Waals surface area contributed by atoms with E-state index in [1.165, 1.54) is 0 Å². The van der Waals surface area contributed by atoms with Gasteiger partial charge in [-0.05, 0) is 31.1 Å². The van der Waals surface area contributed by atoms with Crippen LogP contribution < -0.4 is 4.90 Å². The maximum Gasteiger partial charge on any atom is 0.227 e. The molecule has 0 fully saturated rings. The fourth-order valence-corrected chi connectivity index (χ4v) is 3.65. The first-order valence-electron chi connectivity index (χ1n) is 10.00. The molecule has 1 aromatic carbocycles. The van der Waals surface area contributed by atoms with Crippen molar-refractivity contribution < 1.29 is 9.59 Å². The van der Waals surface area contributed by atoms with Gasteiger partial charge < -0.3 is 4.90 Å². The Bertz CT molecular complexity index is 998. The van der Waals surface area contributed by atoms with E-state index < -0.39 is 0 Å². The highest BCUT2D eigenvalue weighted by Gasteiger charge is 2.28. The van der Waals surface area contributed by atoms with Crippen LogP contribution in [0, 0.1) is 5.92 Å². The fourth-order valence-electron chi connectivity index (χ4n) is 3.65. The molecule has 0 saturated heterocycles. The SMILES string of the molecule is C/C=C\C1=C(C)c2c(nnn2C)-c2ccccc2N(C(=O)CCC(=O)C(C)C)C1. The number of allylic oxidation sites excluding steroid dienone is 2. The zero-order chi connectivity index (χ0) is 21.1. The molecule has 29 heavy (non-hydrogen) atoms. The van der Waals surface area contributed by atoms with Gasteiger partial charge in [-0.3, -0.25) is 9.59 Å². The molecule has 1 amide bonds. The molecule has 0 unspecified atom stereocenters. The van der Waals surface area contributed by atoms with Gasteiger partial charge in [0.2, 0.25) is 5.91 Å². The van der Waals surface area contributed by atoms with E-state index in [-0.39, 0.29) is 30.4 Å². The molecule has 0 aliphatic carbocycles. The number of rotatable bonds is 5. The molecule has 6 nitrogen and oxygen atoms in total. The summed E-state index contributed by atoms with van der Waals surface area (Å²) < 4.78 is 1.78. The van der Waals surface area contributed by atoms with Crippen molar-refractivity contribution in [2.75, 3.05) is 11.4 Å². The van der Waals surface area contributed by atoms with Gasteiger partial charge in [-0.2, -0.15) is 0 Å². The number of anilines is 1. The van der Waals surface area contributed by atoms with Gasteiger partial charge in [-0.15, -0.1) is 5.10 Å². The topological polar surface area (TPSA) is 68.1 Å². The number of nitrogens with zero attached hydrogens (tertiary/aromatic N) is 4. The lowest BCUT2D eigenvalue weighted by atomic mass is 9.95. The summed E-state index contributed by atoms with van der Waals surface area (Å²) in [7, 11) is 1.88. The largest absolute Gasteiger partial charge is 0.307 e. The Balaban J connectivity index is 2.11. The van der Waals surface area contributed by atoms with Crippen molar-refractivity contribution >= 4 is 23.0 Å². The Hall–Kier alpha value is -3.02. The van der Waals surface area contributed by atoms with Crippen molar-refractivity contribution in [3.8, 4) is 11.3 Å². The van der Waals surface area contributed by atoms with Crippen LogP contribution in [0.4, 0.5) is 5.69 Å². The second-order valence-corrected chi connectivity index (χ2v) is 7.68. The molecule has 152 valence electrons. The van der Waals surface area contributed by atoms with Crippen molar-refractivity contribution in [3.63, 3.8) is 0 Å². The molecular weight excluding hydrogens is 364 g/mol. The molecule has 0 spiro atoms. The van der Waals surface area contributed by atoms with Crippen LogP contribution in [-0.2, 0) is 16.6 Å². The standard InChI is InChI=1S/C23H28N4O2/c1-6-9-17-14-27(21(29)13-12-20(28)15(2)3)19-11-8-7-10-18(19)22-23(16(17)4)26(5)25-24-22/h6-11,15H,12-14H2,1-5H3/b9-6-,17-16?. The Morgan fingerprint density at radius 1 is 1.21 bits per heavy atom. The minimum Gasteiger partial charge on any atom is -0.307 e. The molecular formula is C23H28N4O2. The maximum absolute atomic E-state index is 13.2. The molecule has 6 heteroatoms. The third kappa shape index (κ3) is 4.06. The highest BCUT2D eigenvalue weighted by atomic mass is 16.2. The van der Waals surface area contributed by atoms with Gasteiger partial charge in [0.05, 0.1) is 17.9 Å². The molecule has 3 rings (SSSR count). The Morgan fingerprint density at radius 2 is 1.93 bits per heavy atom. The van der Waals surface area contributed by atoms with Crippen LogP contribution in [0.1, 0.15) is 46.2 Å². The molecule has 2 heterocycles. The van der Waals surface area contributed by atoms with Crippen LogP contribution in [0.15, 0.2) is 42.0 Å². The Labute approximate surface area is 171 Å². The minimum absolute atomic E-state index is 0.0615. The van der Waals surface area contributed by atoms with Crippen molar-refractivity contribution in [3.05, 3.63) is 47.7 Å². The van der Waals surface area contributed by atoms with Gasteiger partial charge in [0, 0.05) is 31.4 Å². The second kappa shape index (κ2) is 8.55. The van der Waals surface area contributed by atoms with Gasteiger partial charge >= 0.3 is 0 Å². The molecule has 0 saturated carbocycles. The molecule has 0 atom stereocenters. The summed E-state index contributed by atoms with van der Waals surface area (Å²) in [5.74, 6) is -0.0193. The summed E-state index contributed by atoms with van der Waals surface area (Å²) in [6.45, 7) is 8.17. The zero-order valence-corrected chi connectivity index (χ0v) is 17.8. The van der Waals surface area contributed by atoms with Crippen LogP contribution >= 0.6 is 0 Å². The van der Waals surface area contributed by atoms with E-state index in [0.29, 0.717) is 6.54 Å². The normalized spacial score (nSPS) is 14.1. The Morgan fingerprint density at radius 3 is 2.62 bits per heavy atom. The summed E-state index contributed by atoms with van der Waals surface area (Å²) in [5, 5.41) is 8.63. The van der Waals surface area contributed by atoms with E-state index in [2.05, 4.69) is 10.3 Å². The summed E-state index contributed by atoms with van der Waals surface area (Å²) in [4.78, 5) is 27.1. The van der Waals surface area contributed by atoms with Gasteiger partial charge in [0.15, 0.2) is 0 Å². The molecule has 1 aliphatic rings. The summed E-state index contributed by atoms with van der Waals surface area (Å²) in [6.07, 6.45) is 4.45. The number of fused-ring (bicyclic) bond motifs is 3. The predicted molar refractivity (Wildman–Crippen MR) is 115 cm³/mol. The number of aromatic nitrogens is 3. The molecule has 2 aromatic rings. The fraction of sp³-hybridized carbons (Fsp3) is 0.391. The van der Waals surface area contributed by atoms with Gasteiger partial charge in [-0.1, -0.05) is 49.4 Å². The first kappa shape index (κ1) is 20.7. The van der Waals surface area contributed by atoms with Crippen molar-refractivity contribution in [1.82, 2.24) is 15.0 Å². The van der Waals surface area contributed by atoms with Gasteiger partial charge in [-0.25, -0.2) is 4.68 Å². The summed E-state index contributed by atoms with van der Waals surface area (Å²) >= 11 is 0. The van der Waals surface area contributed by atoms with E-state index in [1.54, 1.807) is 9.58 Å². The minimum atomic E-state index is -0.0645. The number of ketones is 1. The number of hydrogen-bond acceptors (Lipinski definition) is 4. The lowest BCUT2D eigenvalue weighted by Gasteiger charge is -2.28. The van der Waals surface area contributed by atoms with E-state index >= 15 is 0 Å². The third-order valence-corrected chi connectivity index (χ3v) is 5.34. The van der Waals surface area contributed by atoms with E-state index in [0.717, 1.165) is 33.8 Å². The highest BCUT2D eigenvalue weighted by molar-refractivity contribution is 6.01. The summed E-state index contributed by atoms with van der Waals surface area (Å²) in [5.41, 5.74) is 5.45. The van der Waals surface area contributed by atoms with Gasteiger partial charge in [0.1, 0.15) is 11.5 Å². The van der Waals surface area contributed by atoms with Gasteiger partial charge in [0.25, 0.3) is 0 Å². The van der Waals surface area contributed by atoms with Crippen LogP contribution in [0.2, 0.25) is 0 Å². The lowest BCUT2D eigenvalue weighted by molar-refractivity contribution is -0.125. The average Bonchev–Trinajstić information content (AvgIpc) is 3.08. The monoisotopic (exact) mass is 392 g/mol. The lowest BCUT2D eigenvalue weighted by Crippen LogP contribution is -2.34. The highest BCUT2D eigenvalue weighted by Crippen LogP contribution is 2.38. The molecule has 0 bridgehead atoms. The first-order chi connectivity index (χ1) is 13.8. The van der Waals surface area contributed by atoms with Crippen LogP contribution in [0.25, 0.3) is 16.8 Å². The second-order valence-electron chi connectivity index (χ2n) is 7.68. The average molecular weight is 393 g/mol. The van der Waals surface area contributed by atoms with Crippen molar-refractivity contribution in [2.24, 2.45) is 13.0 Å². The van der Waals surface area contributed by atoms with E-state index in [4.69, 9.17) is 0 Å². The van der Waals surface area contributed by atoms with E-state index in [9.17, 15) is 9.59 Å². The van der Waals surface area contributed by atoms with Crippen LogP contribution in [0.3, 0.4) is 0 Å². The molecule has 0 N–H and O–H groups in total. The maximum atomic E-state index is 13.2. The number of hydrogen-bond donors (Lipinski definition) is 0. The number of carbonyl (C=O) groups is 2. The number of aryl methyl sites for hydroxylation is 1. The number of benzene rings is 1. The third-order valence-electron chi connectivity index (χ3n) is 5.34. The molecule has 1 aliphatic heterocycles. The number of carbonyl (C=O) groups excluding carboxylic acids is 2. The van der Waals surface area contributed by atoms with Crippen LogP contribution in [0.5, 0.6) is 0 Å². The van der Waals surface area contributed by atoms with E-state index in [1.807, 2.05) is 71.2 Å². The quantitative estimate of drug-likeness (QED) is 0.765. The Kier molecular flexibility index (Phi) is 6.11. The van der Waals surface area contributed by atoms with Crippen LogP contribution in [-0.4, -0.2) is 33.2 Å².